The van der Waals surface area contributed by atoms with Crippen LogP contribution in [0, 0.1) is 13.8 Å². The minimum Gasteiger partial charge on any atom is -0.371 e. The lowest BCUT2D eigenvalue weighted by atomic mass is 10.0. The predicted octanol–water partition coefficient (Wildman–Crippen LogP) is 5.44. The third kappa shape index (κ3) is 3.37. The monoisotopic (exact) mass is 340 g/mol. The van der Waals surface area contributed by atoms with Crippen molar-refractivity contribution >= 4 is 17.0 Å². The van der Waals surface area contributed by atoms with E-state index in [2.05, 4.69) is 4.98 Å². The third-order valence-corrected chi connectivity index (χ3v) is 5.06. The molecule has 0 bridgehead atoms. The molecule has 1 aliphatic rings. The molecule has 1 fully saturated rings. The average Bonchev–Trinajstić information content (AvgIpc) is 2.85. The lowest BCUT2D eigenvalue weighted by Crippen LogP contribution is -2.31. The summed E-state index contributed by atoms with van der Waals surface area (Å²) in [6, 6.07) is 4.63. The van der Waals surface area contributed by atoms with Crippen molar-refractivity contribution in [1.82, 2.24) is 4.98 Å². The summed E-state index contributed by atoms with van der Waals surface area (Å²) in [5.41, 5.74) is 0.940. The standard InChI is InChI=1S/C17H19F3N2S/c1-11-16(21-12(2)23-11)13-6-7-15(14(10-13)17(18,19)20)22-8-4-3-5-9-22/h6-7,10H,3-5,8-9H2,1-2H3. The van der Waals surface area contributed by atoms with Gasteiger partial charge in [0, 0.05) is 29.2 Å². The zero-order chi connectivity index (χ0) is 16.6. The lowest BCUT2D eigenvalue weighted by Gasteiger charge is -2.31. The maximum absolute atomic E-state index is 13.6. The fourth-order valence-electron chi connectivity index (χ4n) is 3.12. The number of hydrogen-bond donors (Lipinski definition) is 0. The van der Waals surface area contributed by atoms with E-state index in [1.165, 1.54) is 17.4 Å². The van der Waals surface area contributed by atoms with E-state index in [0.29, 0.717) is 30.0 Å². The van der Waals surface area contributed by atoms with Gasteiger partial charge in [-0.1, -0.05) is 6.07 Å². The molecule has 0 radical (unpaired) electrons. The molecule has 0 atom stereocenters. The minimum absolute atomic E-state index is 0.297. The first kappa shape index (κ1) is 16.3. The Morgan fingerprint density at radius 1 is 1.09 bits per heavy atom. The van der Waals surface area contributed by atoms with Crippen LogP contribution in [0.5, 0.6) is 0 Å². The van der Waals surface area contributed by atoms with Crippen molar-refractivity contribution in [3.8, 4) is 11.3 Å². The summed E-state index contributed by atoms with van der Waals surface area (Å²) < 4.78 is 40.7. The van der Waals surface area contributed by atoms with Crippen LogP contribution in [0.4, 0.5) is 18.9 Å². The molecular formula is C17H19F3N2S. The minimum atomic E-state index is -4.36. The number of alkyl halides is 3. The molecule has 2 heterocycles. The molecule has 6 heteroatoms. The first-order valence-corrected chi connectivity index (χ1v) is 8.58. The van der Waals surface area contributed by atoms with E-state index < -0.39 is 11.7 Å². The number of aryl methyl sites for hydroxylation is 2. The van der Waals surface area contributed by atoms with Gasteiger partial charge in [-0.2, -0.15) is 13.2 Å². The van der Waals surface area contributed by atoms with Crippen LogP contribution in [0.25, 0.3) is 11.3 Å². The Kier molecular flexibility index (Phi) is 4.36. The van der Waals surface area contributed by atoms with Crippen LogP contribution >= 0.6 is 11.3 Å². The molecule has 0 aliphatic carbocycles. The lowest BCUT2D eigenvalue weighted by molar-refractivity contribution is -0.137. The fourth-order valence-corrected chi connectivity index (χ4v) is 3.96. The van der Waals surface area contributed by atoms with E-state index in [4.69, 9.17) is 0 Å². The third-order valence-electron chi connectivity index (χ3n) is 4.18. The van der Waals surface area contributed by atoms with Crippen molar-refractivity contribution in [2.75, 3.05) is 18.0 Å². The summed E-state index contributed by atoms with van der Waals surface area (Å²) in [7, 11) is 0. The second-order valence-corrected chi connectivity index (χ2v) is 7.32. The van der Waals surface area contributed by atoms with Gasteiger partial charge in [0.05, 0.1) is 16.3 Å². The maximum Gasteiger partial charge on any atom is 0.418 e. The van der Waals surface area contributed by atoms with Gasteiger partial charge >= 0.3 is 6.18 Å². The summed E-state index contributed by atoms with van der Waals surface area (Å²) >= 11 is 1.51. The van der Waals surface area contributed by atoms with Gasteiger partial charge in [-0.25, -0.2) is 4.98 Å². The Hall–Kier alpha value is -1.56. The van der Waals surface area contributed by atoms with Crippen LogP contribution < -0.4 is 4.90 Å². The van der Waals surface area contributed by atoms with Crippen LogP contribution in [0.2, 0.25) is 0 Å². The Morgan fingerprint density at radius 3 is 2.35 bits per heavy atom. The number of benzene rings is 1. The van der Waals surface area contributed by atoms with E-state index in [0.717, 1.165) is 29.1 Å². The second kappa shape index (κ2) is 6.15. The quantitative estimate of drug-likeness (QED) is 0.724. The highest BCUT2D eigenvalue weighted by molar-refractivity contribution is 7.11. The topological polar surface area (TPSA) is 16.1 Å². The second-order valence-electron chi connectivity index (χ2n) is 5.92. The zero-order valence-corrected chi connectivity index (χ0v) is 14.0. The first-order valence-electron chi connectivity index (χ1n) is 7.77. The molecule has 1 saturated heterocycles. The average molecular weight is 340 g/mol. The van der Waals surface area contributed by atoms with Gasteiger partial charge in [-0.05, 0) is 45.2 Å². The molecule has 1 aliphatic heterocycles. The number of hydrogen-bond acceptors (Lipinski definition) is 3. The largest absolute Gasteiger partial charge is 0.418 e. The normalized spacial score (nSPS) is 16.0. The molecule has 0 N–H and O–H groups in total. The van der Waals surface area contributed by atoms with Gasteiger partial charge in [0.2, 0.25) is 0 Å². The van der Waals surface area contributed by atoms with Gasteiger partial charge < -0.3 is 4.90 Å². The number of piperidine rings is 1. The van der Waals surface area contributed by atoms with Gasteiger partial charge in [0.25, 0.3) is 0 Å². The van der Waals surface area contributed by atoms with Gasteiger partial charge in [-0.3, -0.25) is 0 Å². The van der Waals surface area contributed by atoms with E-state index in [-0.39, 0.29) is 0 Å². The van der Waals surface area contributed by atoms with E-state index in [9.17, 15) is 13.2 Å². The number of anilines is 1. The molecule has 0 unspecified atom stereocenters. The van der Waals surface area contributed by atoms with Crippen LogP contribution in [-0.2, 0) is 6.18 Å². The van der Waals surface area contributed by atoms with Crippen molar-refractivity contribution in [3.63, 3.8) is 0 Å². The van der Waals surface area contributed by atoms with Crippen molar-refractivity contribution in [3.05, 3.63) is 33.6 Å². The maximum atomic E-state index is 13.6. The number of nitrogens with zero attached hydrogens (tertiary/aromatic N) is 2. The van der Waals surface area contributed by atoms with Gasteiger partial charge in [-0.15, -0.1) is 11.3 Å². The van der Waals surface area contributed by atoms with E-state index in [1.807, 2.05) is 18.7 Å². The molecular weight excluding hydrogens is 321 g/mol. The Balaban J connectivity index is 2.07. The highest BCUT2D eigenvalue weighted by atomic mass is 32.1. The molecule has 3 rings (SSSR count). The van der Waals surface area contributed by atoms with Crippen molar-refractivity contribution in [2.45, 2.75) is 39.3 Å². The zero-order valence-electron chi connectivity index (χ0n) is 13.2. The molecule has 0 spiro atoms. The summed E-state index contributed by atoms with van der Waals surface area (Å²) in [5, 5.41) is 0.867. The van der Waals surface area contributed by atoms with Crippen LogP contribution in [-0.4, -0.2) is 18.1 Å². The predicted molar refractivity (Wildman–Crippen MR) is 88.1 cm³/mol. The molecule has 2 aromatic rings. The van der Waals surface area contributed by atoms with Crippen LogP contribution in [0.15, 0.2) is 18.2 Å². The van der Waals surface area contributed by atoms with Crippen LogP contribution in [0.1, 0.15) is 34.7 Å². The molecule has 1 aromatic carbocycles. The highest BCUT2D eigenvalue weighted by Crippen LogP contribution is 2.40. The molecule has 2 nitrogen and oxygen atoms in total. The summed E-state index contributed by atoms with van der Waals surface area (Å²) in [6.45, 7) is 5.15. The SMILES string of the molecule is Cc1nc(-c2ccc(N3CCCCC3)c(C(F)(F)F)c2)c(C)s1. The summed E-state index contributed by atoms with van der Waals surface area (Å²) in [4.78, 5) is 7.19. The Morgan fingerprint density at radius 2 is 1.78 bits per heavy atom. The van der Waals surface area contributed by atoms with Crippen molar-refractivity contribution in [2.24, 2.45) is 0 Å². The van der Waals surface area contributed by atoms with Crippen molar-refractivity contribution < 1.29 is 13.2 Å². The van der Waals surface area contributed by atoms with E-state index in [1.54, 1.807) is 12.1 Å². The molecule has 0 saturated carbocycles. The molecule has 1 aromatic heterocycles. The highest BCUT2D eigenvalue weighted by Gasteiger charge is 2.35. The van der Waals surface area contributed by atoms with Gasteiger partial charge in [0.1, 0.15) is 0 Å². The van der Waals surface area contributed by atoms with E-state index >= 15 is 0 Å². The smallest absolute Gasteiger partial charge is 0.371 e. The summed E-state index contributed by atoms with van der Waals surface area (Å²) in [5.74, 6) is 0. The number of rotatable bonds is 2. The number of thiazole rings is 1. The Bertz CT molecular complexity index is 700. The first-order chi connectivity index (χ1) is 10.9. The number of halogens is 3. The fraction of sp³-hybridized carbons (Fsp3) is 0.471. The summed E-state index contributed by atoms with van der Waals surface area (Å²) in [6.07, 6.45) is -1.37. The number of aromatic nitrogens is 1. The van der Waals surface area contributed by atoms with Crippen molar-refractivity contribution in [1.29, 1.82) is 0 Å². The van der Waals surface area contributed by atoms with Gasteiger partial charge in [0.15, 0.2) is 0 Å². The molecule has 23 heavy (non-hydrogen) atoms. The molecule has 124 valence electrons. The molecule has 0 amide bonds. The van der Waals surface area contributed by atoms with Crippen LogP contribution in [0.3, 0.4) is 0 Å². The Labute approximate surface area is 138 Å².